The number of aliphatic hydroxyl groups is 1. The number of hydrogen-bond donors (Lipinski definition) is 1. The molecule has 0 aliphatic carbocycles. The van der Waals surface area contributed by atoms with Gasteiger partial charge in [-0.2, -0.15) is 0 Å². The summed E-state index contributed by atoms with van der Waals surface area (Å²) in [7, 11) is 1.19. The van der Waals surface area contributed by atoms with Gasteiger partial charge in [-0.15, -0.1) is 13.2 Å². The van der Waals surface area contributed by atoms with Crippen molar-refractivity contribution in [2.45, 2.75) is 13.0 Å². The molecule has 0 aliphatic rings. The van der Waals surface area contributed by atoms with Gasteiger partial charge in [0.15, 0.2) is 11.5 Å². The molecule has 1 rings (SSSR count). The van der Waals surface area contributed by atoms with Crippen LogP contribution >= 0.6 is 22.6 Å². The maximum Gasteiger partial charge on any atom is 0.573 e. The van der Waals surface area contributed by atoms with Gasteiger partial charge in [0.2, 0.25) is 0 Å². The van der Waals surface area contributed by atoms with E-state index in [2.05, 4.69) is 9.72 Å². The zero-order valence-corrected chi connectivity index (χ0v) is 10.2. The van der Waals surface area contributed by atoms with Crippen LogP contribution in [-0.2, 0) is 6.61 Å². The van der Waals surface area contributed by atoms with E-state index in [1.807, 2.05) is 0 Å². The molecule has 0 aromatic carbocycles. The van der Waals surface area contributed by atoms with Crippen molar-refractivity contribution in [3.05, 3.63) is 15.5 Å². The van der Waals surface area contributed by atoms with E-state index in [0.29, 0.717) is 3.70 Å². The van der Waals surface area contributed by atoms with Gasteiger partial charge in [0.1, 0.15) is 3.70 Å². The van der Waals surface area contributed by atoms with Gasteiger partial charge in [0.05, 0.1) is 25.5 Å². The first kappa shape index (κ1) is 13.3. The number of rotatable bonds is 3. The van der Waals surface area contributed by atoms with Crippen LogP contribution < -0.4 is 9.47 Å². The van der Waals surface area contributed by atoms with Gasteiger partial charge in [0.25, 0.3) is 0 Å². The lowest BCUT2D eigenvalue weighted by Gasteiger charge is -2.14. The first-order valence-corrected chi connectivity index (χ1v) is 5.05. The van der Waals surface area contributed by atoms with Gasteiger partial charge in [-0.05, 0) is 22.6 Å². The van der Waals surface area contributed by atoms with Crippen LogP contribution in [0.15, 0.2) is 6.20 Å². The summed E-state index contributed by atoms with van der Waals surface area (Å²) < 4.78 is 44.9. The Kier molecular flexibility index (Phi) is 4.19. The molecule has 0 aliphatic heterocycles. The number of pyridine rings is 1. The molecule has 0 bridgehead atoms. The number of nitrogens with zero attached hydrogens (tertiary/aromatic N) is 1. The fourth-order valence-electron chi connectivity index (χ4n) is 1.05. The zero-order valence-electron chi connectivity index (χ0n) is 8.01. The van der Waals surface area contributed by atoms with Crippen molar-refractivity contribution in [3.8, 4) is 11.5 Å². The summed E-state index contributed by atoms with van der Waals surface area (Å²) in [6.45, 7) is -0.483. The number of alkyl halides is 3. The standard InChI is InChI=1S/C8H7F3INO3/c1-15-6-4(3-14)7(12)13-2-5(6)16-8(9,10)11/h2,14H,3H2,1H3. The van der Waals surface area contributed by atoms with Gasteiger partial charge >= 0.3 is 6.36 Å². The molecular formula is C8H7F3INO3. The topological polar surface area (TPSA) is 51.6 Å². The highest BCUT2D eigenvalue weighted by atomic mass is 127. The van der Waals surface area contributed by atoms with Gasteiger partial charge in [-0.1, -0.05) is 0 Å². The lowest BCUT2D eigenvalue weighted by Crippen LogP contribution is -2.18. The molecule has 1 heterocycles. The van der Waals surface area contributed by atoms with Crippen molar-refractivity contribution in [3.63, 3.8) is 0 Å². The Bertz CT molecular complexity index is 384. The van der Waals surface area contributed by atoms with E-state index in [0.717, 1.165) is 6.20 Å². The Morgan fingerprint density at radius 3 is 2.56 bits per heavy atom. The molecule has 90 valence electrons. The summed E-state index contributed by atoms with van der Waals surface area (Å²) in [5, 5.41) is 8.99. The molecule has 0 saturated heterocycles. The molecule has 1 N–H and O–H groups in total. The first-order chi connectivity index (χ1) is 7.39. The van der Waals surface area contributed by atoms with Crippen LogP contribution in [0.1, 0.15) is 5.56 Å². The third kappa shape index (κ3) is 3.11. The Hall–Kier alpha value is -0.770. The van der Waals surface area contributed by atoms with Crippen LogP contribution in [0, 0.1) is 3.70 Å². The van der Waals surface area contributed by atoms with Gasteiger partial charge in [-0.3, -0.25) is 0 Å². The number of halogens is 4. The fraction of sp³-hybridized carbons (Fsp3) is 0.375. The van der Waals surface area contributed by atoms with E-state index in [9.17, 15) is 13.2 Å². The molecule has 8 heteroatoms. The average Bonchev–Trinajstić information content (AvgIpc) is 2.18. The predicted molar refractivity (Wildman–Crippen MR) is 56.1 cm³/mol. The van der Waals surface area contributed by atoms with E-state index in [1.165, 1.54) is 7.11 Å². The summed E-state index contributed by atoms with van der Waals surface area (Å²) in [4.78, 5) is 3.66. The van der Waals surface area contributed by atoms with Crippen LogP contribution in [0.2, 0.25) is 0 Å². The quantitative estimate of drug-likeness (QED) is 0.671. The Labute approximate surface area is 103 Å². The summed E-state index contributed by atoms with van der Waals surface area (Å²) in [6.07, 6.45) is -3.93. The summed E-state index contributed by atoms with van der Waals surface area (Å²) in [5.74, 6) is -0.737. The number of aliphatic hydroxyl groups excluding tert-OH is 1. The molecule has 16 heavy (non-hydrogen) atoms. The minimum Gasteiger partial charge on any atom is -0.492 e. The normalized spacial score (nSPS) is 11.4. The van der Waals surface area contributed by atoms with E-state index in [-0.39, 0.29) is 11.3 Å². The van der Waals surface area contributed by atoms with Crippen molar-refractivity contribution >= 4 is 22.6 Å². The third-order valence-corrected chi connectivity index (χ3v) is 2.56. The average molecular weight is 349 g/mol. The van der Waals surface area contributed by atoms with Crippen molar-refractivity contribution in [1.29, 1.82) is 0 Å². The highest BCUT2D eigenvalue weighted by Gasteiger charge is 2.33. The van der Waals surface area contributed by atoms with Gasteiger partial charge in [0, 0.05) is 0 Å². The van der Waals surface area contributed by atoms with Crippen molar-refractivity contribution in [1.82, 2.24) is 4.98 Å². The third-order valence-electron chi connectivity index (χ3n) is 1.63. The summed E-state index contributed by atoms with van der Waals surface area (Å²) in [5.41, 5.74) is 0.157. The van der Waals surface area contributed by atoms with Gasteiger partial charge in [-0.25, -0.2) is 4.98 Å². The molecular weight excluding hydrogens is 342 g/mol. The summed E-state index contributed by atoms with van der Waals surface area (Å²) >= 11 is 1.78. The van der Waals surface area contributed by atoms with Crippen LogP contribution in [-0.4, -0.2) is 23.6 Å². The summed E-state index contributed by atoms with van der Waals surface area (Å²) in [6, 6.07) is 0. The van der Waals surface area contributed by atoms with E-state index in [4.69, 9.17) is 9.84 Å². The smallest absolute Gasteiger partial charge is 0.492 e. The minimum atomic E-state index is -4.82. The molecule has 0 atom stereocenters. The van der Waals surface area contributed by atoms with Crippen LogP contribution in [0.5, 0.6) is 11.5 Å². The highest BCUT2D eigenvalue weighted by molar-refractivity contribution is 14.1. The predicted octanol–water partition coefficient (Wildman–Crippen LogP) is 2.09. The molecule has 1 aromatic heterocycles. The second-order valence-electron chi connectivity index (χ2n) is 2.63. The zero-order chi connectivity index (χ0) is 12.3. The largest absolute Gasteiger partial charge is 0.573 e. The van der Waals surface area contributed by atoms with Crippen molar-refractivity contribution in [2.24, 2.45) is 0 Å². The van der Waals surface area contributed by atoms with Crippen molar-refractivity contribution in [2.75, 3.05) is 7.11 Å². The number of aromatic nitrogens is 1. The Morgan fingerprint density at radius 1 is 1.50 bits per heavy atom. The molecule has 0 saturated carbocycles. The van der Waals surface area contributed by atoms with Crippen LogP contribution in [0.25, 0.3) is 0 Å². The monoisotopic (exact) mass is 349 g/mol. The maximum absolute atomic E-state index is 12.0. The Morgan fingerprint density at radius 2 is 2.12 bits per heavy atom. The molecule has 0 spiro atoms. The van der Waals surface area contributed by atoms with E-state index >= 15 is 0 Å². The molecule has 0 unspecified atom stereocenters. The molecule has 0 fully saturated rings. The minimum absolute atomic E-state index is 0.157. The fourth-order valence-corrected chi connectivity index (χ4v) is 1.61. The lowest BCUT2D eigenvalue weighted by atomic mass is 10.2. The second-order valence-corrected chi connectivity index (χ2v) is 3.65. The molecule has 0 amide bonds. The molecule has 1 aromatic rings. The Balaban J connectivity index is 3.19. The van der Waals surface area contributed by atoms with Crippen LogP contribution in [0.3, 0.4) is 0 Å². The second kappa shape index (κ2) is 5.04. The van der Waals surface area contributed by atoms with Gasteiger partial charge < -0.3 is 14.6 Å². The maximum atomic E-state index is 12.0. The highest BCUT2D eigenvalue weighted by Crippen LogP contribution is 2.35. The van der Waals surface area contributed by atoms with Crippen LogP contribution in [0.4, 0.5) is 13.2 Å². The number of methoxy groups -OCH3 is 1. The van der Waals surface area contributed by atoms with E-state index in [1.54, 1.807) is 22.6 Å². The van der Waals surface area contributed by atoms with Crippen molar-refractivity contribution < 1.29 is 27.8 Å². The van der Waals surface area contributed by atoms with E-state index < -0.39 is 18.7 Å². The number of hydrogen-bond acceptors (Lipinski definition) is 4. The molecule has 4 nitrogen and oxygen atoms in total. The number of ether oxygens (including phenoxy) is 2. The molecule has 0 radical (unpaired) electrons. The first-order valence-electron chi connectivity index (χ1n) is 3.97. The SMILES string of the molecule is COc1c(OC(F)(F)F)cnc(I)c1CO. The lowest BCUT2D eigenvalue weighted by molar-refractivity contribution is -0.275.